The van der Waals surface area contributed by atoms with Crippen molar-refractivity contribution in [2.75, 3.05) is 5.32 Å². The predicted molar refractivity (Wildman–Crippen MR) is 90.0 cm³/mol. The van der Waals surface area contributed by atoms with Crippen LogP contribution in [-0.4, -0.2) is 15.5 Å². The Hall–Kier alpha value is -2.59. The Balaban J connectivity index is 2.13. The number of anilines is 1. The van der Waals surface area contributed by atoms with Gasteiger partial charge in [0.05, 0.1) is 11.9 Å². The van der Waals surface area contributed by atoms with Gasteiger partial charge in [-0.25, -0.2) is 4.98 Å². The zero-order valence-corrected chi connectivity index (χ0v) is 12.8. The third-order valence-electron chi connectivity index (χ3n) is 3.42. The summed E-state index contributed by atoms with van der Waals surface area (Å²) in [5.74, 6) is -0.259. The lowest BCUT2D eigenvalue weighted by molar-refractivity contribution is -0.111. The van der Waals surface area contributed by atoms with E-state index in [0.29, 0.717) is 10.7 Å². The molecular weight excluding hydrogens is 298 g/mol. The zero-order valence-electron chi connectivity index (χ0n) is 12.0. The first-order chi connectivity index (χ1) is 10.6. The number of hydrogen-bond donors (Lipinski definition) is 1. The van der Waals surface area contributed by atoms with Crippen molar-refractivity contribution in [1.29, 1.82) is 0 Å². The van der Waals surface area contributed by atoms with E-state index >= 15 is 0 Å². The second kappa shape index (κ2) is 5.66. The van der Waals surface area contributed by atoms with Crippen molar-refractivity contribution < 1.29 is 4.79 Å². The second-order valence-electron chi connectivity index (χ2n) is 4.95. The molecule has 0 aliphatic heterocycles. The molecule has 0 radical (unpaired) electrons. The van der Waals surface area contributed by atoms with Crippen LogP contribution in [0.2, 0.25) is 5.02 Å². The highest BCUT2D eigenvalue weighted by atomic mass is 35.5. The minimum atomic E-state index is -0.259. The lowest BCUT2D eigenvalue weighted by atomic mass is 10.1. The molecule has 0 bridgehead atoms. The van der Waals surface area contributed by atoms with Gasteiger partial charge in [-0.15, -0.1) is 0 Å². The van der Waals surface area contributed by atoms with Gasteiger partial charge in [-0.3, -0.25) is 4.79 Å². The number of carbonyl (C=O) groups is 1. The predicted octanol–water partition coefficient (Wildman–Crippen LogP) is 4.02. The molecule has 2 aromatic heterocycles. The minimum Gasteiger partial charge on any atom is -0.335 e. The summed E-state index contributed by atoms with van der Waals surface area (Å²) < 4.78 is 1.96. The SMILES string of the molecule is C=CC(=O)Nc1cnc2c(c1)c(-c1ccc(Cl)cc1)cn2C. The standard InChI is InChI=1S/C17H14ClN3O/c1-3-16(22)20-13-8-14-15(10-21(2)17(14)19-9-13)11-4-6-12(18)7-5-11/h3-10H,1H2,2H3,(H,20,22). The Morgan fingerprint density at radius 1 is 1.36 bits per heavy atom. The molecule has 0 spiro atoms. The summed E-state index contributed by atoms with van der Waals surface area (Å²) in [6.07, 6.45) is 4.88. The van der Waals surface area contributed by atoms with Crippen molar-refractivity contribution in [1.82, 2.24) is 9.55 Å². The van der Waals surface area contributed by atoms with E-state index in [1.54, 1.807) is 6.20 Å². The van der Waals surface area contributed by atoms with Crippen LogP contribution in [0.4, 0.5) is 5.69 Å². The molecule has 0 aliphatic rings. The highest BCUT2D eigenvalue weighted by molar-refractivity contribution is 6.30. The Morgan fingerprint density at radius 3 is 2.77 bits per heavy atom. The van der Waals surface area contributed by atoms with Gasteiger partial charge in [-0.1, -0.05) is 30.3 Å². The normalized spacial score (nSPS) is 10.6. The fourth-order valence-electron chi connectivity index (χ4n) is 2.38. The summed E-state index contributed by atoms with van der Waals surface area (Å²) >= 11 is 5.95. The Bertz CT molecular complexity index is 865. The van der Waals surface area contributed by atoms with Crippen LogP contribution in [-0.2, 0) is 11.8 Å². The fraction of sp³-hybridized carbons (Fsp3) is 0.0588. The average molecular weight is 312 g/mol. The van der Waals surface area contributed by atoms with Crippen molar-refractivity contribution in [2.24, 2.45) is 7.05 Å². The van der Waals surface area contributed by atoms with Crippen LogP contribution in [0.1, 0.15) is 0 Å². The van der Waals surface area contributed by atoms with Crippen LogP contribution in [0.3, 0.4) is 0 Å². The molecule has 0 unspecified atom stereocenters. The molecule has 4 nitrogen and oxygen atoms in total. The van der Waals surface area contributed by atoms with Gasteiger partial charge in [0, 0.05) is 29.2 Å². The molecule has 3 aromatic rings. The number of amides is 1. The molecule has 0 saturated carbocycles. The number of aryl methyl sites for hydroxylation is 1. The molecule has 1 N–H and O–H groups in total. The van der Waals surface area contributed by atoms with Gasteiger partial charge >= 0.3 is 0 Å². The number of rotatable bonds is 3. The van der Waals surface area contributed by atoms with Crippen molar-refractivity contribution in [2.45, 2.75) is 0 Å². The third kappa shape index (κ3) is 2.61. The molecule has 110 valence electrons. The molecule has 22 heavy (non-hydrogen) atoms. The molecule has 3 rings (SSSR count). The number of fused-ring (bicyclic) bond motifs is 1. The van der Waals surface area contributed by atoms with Gasteiger partial charge in [0.2, 0.25) is 5.91 Å². The van der Waals surface area contributed by atoms with Gasteiger partial charge in [0.15, 0.2) is 0 Å². The largest absolute Gasteiger partial charge is 0.335 e. The number of benzene rings is 1. The molecule has 1 amide bonds. The van der Waals surface area contributed by atoms with Crippen LogP contribution in [0.15, 0.2) is 55.4 Å². The van der Waals surface area contributed by atoms with Crippen LogP contribution in [0.25, 0.3) is 22.2 Å². The molecule has 0 saturated heterocycles. The van der Waals surface area contributed by atoms with Crippen LogP contribution in [0.5, 0.6) is 0 Å². The highest BCUT2D eigenvalue weighted by Crippen LogP contribution is 2.31. The second-order valence-corrected chi connectivity index (χ2v) is 5.39. The number of nitrogens with one attached hydrogen (secondary N) is 1. The maximum Gasteiger partial charge on any atom is 0.247 e. The minimum absolute atomic E-state index is 0.259. The highest BCUT2D eigenvalue weighted by Gasteiger charge is 2.11. The summed E-state index contributed by atoms with van der Waals surface area (Å²) in [4.78, 5) is 15.9. The Kier molecular flexibility index (Phi) is 3.69. The van der Waals surface area contributed by atoms with Gasteiger partial charge < -0.3 is 9.88 Å². The lowest BCUT2D eigenvalue weighted by Gasteiger charge is -2.04. The Labute approximate surface area is 133 Å². The first kappa shape index (κ1) is 14.4. The zero-order chi connectivity index (χ0) is 15.7. The van der Waals surface area contributed by atoms with E-state index in [1.165, 1.54) is 6.08 Å². The number of aromatic nitrogens is 2. The fourth-order valence-corrected chi connectivity index (χ4v) is 2.51. The Morgan fingerprint density at radius 2 is 2.09 bits per heavy atom. The van der Waals surface area contributed by atoms with E-state index in [9.17, 15) is 4.79 Å². The number of hydrogen-bond acceptors (Lipinski definition) is 2. The monoisotopic (exact) mass is 311 g/mol. The molecular formula is C17H14ClN3O. The van der Waals surface area contributed by atoms with Crippen molar-refractivity contribution in [3.63, 3.8) is 0 Å². The van der Waals surface area contributed by atoms with E-state index in [-0.39, 0.29) is 5.91 Å². The van der Waals surface area contributed by atoms with Crippen molar-refractivity contribution in [3.8, 4) is 11.1 Å². The van der Waals surface area contributed by atoms with Gasteiger partial charge in [-0.2, -0.15) is 0 Å². The van der Waals surface area contributed by atoms with E-state index in [4.69, 9.17) is 11.6 Å². The quantitative estimate of drug-likeness (QED) is 0.743. The van der Waals surface area contributed by atoms with Gasteiger partial charge in [0.1, 0.15) is 5.65 Å². The van der Waals surface area contributed by atoms with E-state index < -0.39 is 0 Å². The topological polar surface area (TPSA) is 46.9 Å². The number of halogens is 1. The number of pyridine rings is 1. The summed E-state index contributed by atoms with van der Waals surface area (Å²) in [6.45, 7) is 3.45. The molecule has 0 atom stereocenters. The maximum absolute atomic E-state index is 11.4. The lowest BCUT2D eigenvalue weighted by Crippen LogP contribution is -2.07. The molecule has 2 heterocycles. The average Bonchev–Trinajstić information content (AvgIpc) is 2.84. The first-order valence-corrected chi connectivity index (χ1v) is 7.10. The third-order valence-corrected chi connectivity index (χ3v) is 3.67. The summed E-state index contributed by atoms with van der Waals surface area (Å²) in [7, 11) is 1.94. The van der Waals surface area contributed by atoms with Gasteiger partial charge in [0.25, 0.3) is 0 Å². The summed E-state index contributed by atoms with van der Waals surface area (Å²) in [6, 6.07) is 9.55. The molecule has 0 aliphatic carbocycles. The van der Waals surface area contributed by atoms with Crippen LogP contribution < -0.4 is 5.32 Å². The van der Waals surface area contributed by atoms with Crippen molar-refractivity contribution in [3.05, 3.63) is 60.4 Å². The number of nitrogens with zero attached hydrogens (tertiary/aromatic N) is 2. The molecule has 0 fully saturated rings. The molecule has 1 aromatic carbocycles. The maximum atomic E-state index is 11.4. The smallest absolute Gasteiger partial charge is 0.247 e. The molecule has 5 heteroatoms. The van der Waals surface area contributed by atoms with Crippen LogP contribution >= 0.6 is 11.6 Å². The van der Waals surface area contributed by atoms with Crippen molar-refractivity contribution >= 4 is 34.2 Å². The first-order valence-electron chi connectivity index (χ1n) is 6.73. The van der Waals surface area contributed by atoms with E-state index in [2.05, 4.69) is 16.9 Å². The van der Waals surface area contributed by atoms with E-state index in [1.807, 2.05) is 48.1 Å². The summed E-state index contributed by atoms with van der Waals surface area (Å²) in [5, 5.41) is 4.39. The van der Waals surface area contributed by atoms with Gasteiger partial charge in [-0.05, 0) is 29.8 Å². The number of carbonyl (C=O) groups excluding carboxylic acids is 1. The van der Waals surface area contributed by atoms with E-state index in [0.717, 1.165) is 22.2 Å². The van der Waals surface area contributed by atoms with Crippen LogP contribution in [0, 0.1) is 0 Å². The summed E-state index contributed by atoms with van der Waals surface area (Å²) in [5.41, 5.74) is 3.57.